The second kappa shape index (κ2) is 10.1. The van der Waals surface area contributed by atoms with E-state index < -0.39 is 23.6 Å². The first kappa shape index (κ1) is 25.5. The van der Waals surface area contributed by atoms with Crippen LogP contribution in [-0.4, -0.2) is 48.6 Å². The van der Waals surface area contributed by atoms with E-state index in [2.05, 4.69) is 16.8 Å². The number of anilines is 1. The lowest BCUT2D eigenvalue weighted by Crippen LogP contribution is -2.44. The molecular formula is C29H28N8O3. The molecule has 2 fully saturated rings. The smallest absolute Gasteiger partial charge is 0.333 e. The lowest BCUT2D eigenvalue weighted by molar-refractivity contribution is 0.0964. The van der Waals surface area contributed by atoms with Crippen LogP contribution in [0.5, 0.6) is 0 Å². The van der Waals surface area contributed by atoms with Crippen molar-refractivity contribution in [3.05, 3.63) is 62.6 Å². The summed E-state index contributed by atoms with van der Waals surface area (Å²) < 4.78 is 4.25. The summed E-state index contributed by atoms with van der Waals surface area (Å²) in [6, 6.07) is 10.6. The topological polar surface area (TPSA) is 145 Å². The van der Waals surface area contributed by atoms with Gasteiger partial charge in [0.1, 0.15) is 17.5 Å². The van der Waals surface area contributed by atoms with E-state index in [0.29, 0.717) is 28.9 Å². The third-order valence-corrected chi connectivity index (χ3v) is 7.54. The lowest BCUT2D eigenvalue weighted by Gasteiger charge is -2.31. The second-order valence-electron chi connectivity index (χ2n) is 10.3. The summed E-state index contributed by atoms with van der Waals surface area (Å²) in [6.07, 6.45) is 3.36. The normalized spacial score (nSPS) is 17.0. The van der Waals surface area contributed by atoms with Gasteiger partial charge in [-0.1, -0.05) is 30.2 Å². The summed E-state index contributed by atoms with van der Waals surface area (Å²) in [5.74, 6) is 5.92. The van der Waals surface area contributed by atoms with Gasteiger partial charge in [-0.15, -0.1) is 5.92 Å². The van der Waals surface area contributed by atoms with Crippen molar-refractivity contribution < 1.29 is 4.79 Å². The average Bonchev–Trinajstić information content (AvgIpc) is 3.73. The standard InChI is InChI=1S/C29H28N8O3/c1-2-3-13-35-25-26(33-28(35)34-12-6-8-19(31)16-34)37(20-10-11-20)29(40)36(27(25)39)17-24(38)22-14-18-7-4-5-9-21(18)23(15-30)32-22/h4-5,7,9,14,19-20H,6,8,10-13,16-17,31H2,1H3/t19-/m1/s1. The number of ketones is 1. The van der Waals surface area contributed by atoms with Gasteiger partial charge < -0.3 is 10.6 Å². The summed E-state index contributed by atoms with van der Waals surface area (Å²) >= 11 is 0. The Morgan fingerprint density at radius 3 is 2.67 bits per heavy atom. The molecule has 4 aromatic rings. The molecule has 0 amide bonds. The zero-order valence-corrected chi connectivity index (χ0v) is 22.1. The molecule has 4 heterocycles. The van der Waals surface area contributed by atoms with Gasteiger partial charge in [-0.25, -0.2) is 9.78 Å². The maximum atomic E-state index is 14.0. The molecular weight excluding hydrogens is 508 g/mol. The first-order chi connectivity index (χ1) is 19.4. The Bertz CT molecular complexity index is 1890. The van der Waals surface area contributed by atoms with Gasteiger partial charge in [0.15, 0.2) is 11.2 Å². The number of imidazole rings is 1. The van der Waals surface area contributed by atoms with Gasteiger partial charge in [-0.2, -0.15) is 10.2 Å². The Morgan fingerprint density at radius 2 is 1.95 bits per heavy atom. The molecule has 1 saturated heterocycles. The van der Waals surface area contributed by atoms with Gasteiger partial charge in [-0.05, 0) is 44.1 Å². The van der Waals surface area contributed by atoms with E-state index >= 15 is 0 Å². The highest BCUT2D eigenvalue weighted by Crippen LogP contribution is 2.36. The number of carbonyl (C=O) groups is 1. The van der Waals surface area contributed by atoms with E-state index in [1.165, 1.54) is 0 Å². The number of hydrogen-bond donors (Lipinski definition) is 1. The first-order valence-electron chi connectivity index (χ1n) is 13.4. The zero-order chi connectivity index (χ0) is 28.0. The third kappa shape index (κ3) is 4.34. The van der Waals surface area contributed by atoms with Gasteiger partial charge in [0.25, 0.3) is 5.56 Å². The SMILES string of the molecule is CC#CCn1c(N2CCC[C@@H](N)C2)nc2c1c(=O)n(CC(=O)c1cc3ccccc3c(C#N)n1)c(=O)n2C1CC1. The summed E-state index contributed by atoms with van der Waals surface area (Å²) in [5, 5.41) is 10.9. The van der Waals surface area contributed by atoms with E-state index in [0.717, 1.165) is 36.8 Å². The third-order valence-electron chi connectivity index (χ3n) is 7.54. The van der Waals surface area contributed by atoms with Gasteiger partial charge >= 0.3 is 5.69 Å². The number of hydrogen-bond acceptors (Lipinski definition) is 8. The van der Waals surface area contributed by atoms with Crippen LogP contribution in [0.15, 0.2) is 39.9 Å². The highest BCUT2D eigenvalue weighted by atomic mass is 16.2. The quantitative estimate of drug-likeness (QED) is 0.291. The minimum absolute atomic E-state index is 0.0213. The van der Waals surface area contributed by atoms with Crippen LogP contribution in [0.1, 0.15) is 54.8 Å². The van der Waals surface area contributed by atoms with Crippen LogP contribution in [0.4, 0.5) is 5.95 Å². The van der Waals surface area contributed by atoms with Crippen molar-refractivity contribution in [3.63, 3.8) is 0 Å². The zero-order valence-electron chi connectivity index (χ0n) is 22.1. The van der Waals surface area contributed by atoms with Crippen molar-refractivity contribution in [2.75, 3.05) is 18.0 Å². The molecule has 1 aliphatic heterocycles. The van der Waals surface area contributed by atoms with E-state index in [1.54, 1.807) is 46.4 Å². The number of benzene rings is 1. The largest absolute Gasteiger partial charge is 0.341 e. The van der Waals surface area contributed by atoms with Crippen LogP contribution in [0, 0.1) is 23.2 Å². The van der Waals surface area contributed by atoms with Crippen LogP contribution in [0.2, 0.25) is 0 Å². The molecule has 0 spiro atoms. The summed E-state index contributed by atoms with van der Waals surface area (Å²) in [5.41, 5.74) is 5.74. The highest BCUT2D eigenvalue weighted by Gasteiger charge is 2.33. The van der Waals surface area contributed by atoms with E-state index in [-0.39, 0.29) is 35.5 Å². The van der Waals surface area contributed by atoms with Crippen LogP contribution in [0.25, 0.3) is 21.9 Å². The molecule has 2 N–H and O–H groups in total. The predicted octanol–water partition coefficient (Wildman–Crippen LogP) is 1.95. The van der Waals surface area contributed by atoms with Crippen LogP contribution >= 0.6 is 0 Å². The van der Waals surface area contributed by atoms with Crippen LogP contribution in [-0.2, 0) is 13.1 Å². The number of nitriles is 1. The first-order valence-corrected chi connectivity index (χ1v) is 13.4. The molecule has 0 unspecified atom stereocenters. The molecule has 0 bridgehead atoms. The molecule has 40 heavy (non-hydrogen) atoms. The number of aromatic nitrogens is 5. The fraction of sp³-hybridized carbons (Fsp3) is 0.379. The Kier molecular flexibility index (Phi) is 6.45. The van der Waals surface area contributed by atoms with Gasteiger partial charge in [0.05, 0.1) is 13.1 Å². The highest BCUT2D eigenvalue weighted by molar-refractivity contribution is 5.99. The lowest BCUT2D eigenvalue weighted by atomic mass is 10.1. The minimum atomic E-state index is -0.607. The molecule has 1 aromatic carbocycles. The molecule has 1 aliphatic carbocycles. The minimum Gasteiger partial charge on any atom is -0.341 e. The number of nitrogens with zero attached hydrogens (tertiary/aromatic N) is 7. The molecule has 6 rings (SSSR count). The van der Waals surface area contributed by atoms with Crippen molar-refractivity contribution >= 4 is 33.7 Å². The monoisotopic (exact) mass is 536 g/mol. The van der Waals surface area contributed by atoms with Crippen LogP contribution in [0.3, 0.4) is 0 Å². The molecule has 11 nitrogen and oxygen atoms in total. The number of pyridine rings is 1. The van der Waals surface area contributed by atoms with E-state index in [4.69, 9.17) is 10.7 Å². The number of fused-ring (bicyclic) bond motifs is 2. The second-order valence-corrected chi connectivity index (χ2v) is 10.3. The average molecular weight is 537 g/mol. The van der Waals surface area contributed by atoms with Gasteiger partial charge in [-0.3, -0.25) is 23.3 Å². The van der Waals surface area contributed by atoms with E-state index in [9.17, 15) is 19.6 Å². The molecule has 11 heteroatoms. The fourth-order valence-electron chi connectivity index (χ4n) is 5.44. The molecule has 1 atom stereocenters. The maximum absolute atomic E-state index is 14.0. The van der Waals surface area contributed by atoms with Crippen LogP contribution < -0.4 is 21.9 Å². The Morgan fingerprint density at radius 1 is 1.15 bits per heavy atom. The van der Waals surface area contributed by atoms with Crippen molar-refractivity contribution in [2.24, 2.45) is 5.73 Å². The molecule has 1 saturated carbocycles. The van der Waals surface area contributed by atoms with E-state index in [1.807, 2.05) is 11.0 Å². The molecule has 202 valence electrons. The number of rotatable bonds is 6. The van der Waals surface area contributed by atoms with Crippen molar-refractivity contribution in [1.29, 1.82) is 5.26 Å². The Balaban J connectivity index is 1.51. The maximum Gasteiger partial charge on any atom is 0.333 e. The fourth-order valence-corrected chi connectivity index (χ4v) is 5.44. The summed E-state index contributed by atoms with van der Waals surface area (Å²) in [7, 11) is 0. The van der Waals surface area contributed by atoms with Gasteiger partial charge in [0.2, 0.25) is 11.7 Å². The summed E-state index contributed by atoms with van der Waals surface area (Å²) in [4.78, 5) is 52.3. The van der Waals surface area contributed by atoms with Crippen molar-refractivity contribution in [2.45, 2.75) is 57.8 Å². The Hall–Kier alpha value is -4.74. The molecule has 2 aliphatic rings. The van der Waals surface area contributed by atoms with Crippen molar-refractivity contribution in [1.82, 2.24) is 23.7 Å². The summed E-state index contributed by atoms with van der Waals surface area (Å²) in [6.45, 7) is 2.73. The van der Waals surface area contributed by atoms with Gasteiger partial charge in [0, 0.05) is 30.6 Å². The number of carbonyl (C=O) groups excluding carboxylic acids is 1. The molecule has 3 aromatic heterocycles. The number of nitrogens with two attached hydrogens (primary N) is 1. The van der Waals surface area contributed by atoms with Crippen molar-refractivity contribution in [3.8, 4) is 17.9 Å². The predicted molar refractivity (Wildman–Crippen MR) is 150 cm³/mol. The Labute approximate surface area is 229 Å². The number of piperidine rings is 1. The number of Topliss-reactive ketones (excluding diaryl/α,β-unsaturated/α-hetero) is 1. The molecule has 0 radical (unpaired) electrons.